The predicted octanol–water partition coefficient (Wildman–Crippen LogP) is 2.88. The topological polar surface area (TPSA) is 64.1 Å². The van der Waals surface area contributed by atoms with Gasteiger partial charge in [0.25, 0.3) is 5.91 Å². The zero-order valence-corrected chi connectivity index (χ0v) is 12.7. The molecular formula is C15H17N3O2S. The molecule has 1 fully saturated rings. The molecule has 1 amide bonds. The standard InChI is InChI=1S/C15H17N3O2S/c1-10-14(12-4-2-3-7-16-12)21-15(17-10)18-13(19)9-20-8-11-5-6-11/h2-4,7,11H,5-6,8-9H2,1H3,(H,17,18,19). The predicted molar refractivity (Wildman–Crippen MR) is 82.3 cm³/mol. The first-order valence-electron chi connectivity index (χ1n) is 6.99. The van der Waals surface area contributed by atoms with Crippen LogP contribution in [-0.4, -0.2) is 29.1 Å². The Bertz CT molecular complexity index is 623. The molecule has 5 nitrogen and oxygen atoms in total. The molecule has 2 aromatic heterocycles. The van der Waals surface area contributed by atoms with E-state index in [0.717, 1.165) is 16.3 Å². The molecule has 0 spiro atoms. The number of aryl methyl sites for hydroxylation is 1. The average Bonchev–Trinajstić information content (AvgIpc) is 3.23. The largest absolute Gasteiger partial charge is 0.371 e. The lowest BCUT2D eigenvalue weighted by Gasteiger charge is -2.02. The molecule has 0 saturated heterocycles. The minimum Gasteiger partial charge on any atom is -0.371 e. The molecule has 0 aromatic carbocycles. The molecule has 0 unspecified atom stereocenters. The van der Waals surface area contributed by atoms with Crippen LogP contribution in [0, 0.1) is 12.8 Å². The summed E-state index contributed by atoms with van der Waals surface area (Å²) in [6, 6.07) is 5.75. The Balaban J connectivity index is 1.59. The molecule has 110 valence electrons. The summed E-state index contributed by atoms with van der Waals surface area (Å²) in [4.78, 5) is 21.4. The van der Waals surface area contributed by atoms with Crippen molar-refractivity contribution >= 4 is 22.4 Å². The lowest BCUT2D eigenvalue weighted by Crippen LogP contribution is -2.18. The normalized spacial score (nSPS) is 14.1. The summed E-state index contributed by atoms with van der Waals surface area (Å²) in [6.45, 7) is 2.69. The molecule has 0 atom stereocenters. The first-order chi connectivity index (χ1) is 10.2. The van der Waals surface area contributed by atoms with Gasteiger partial charge in [0, 0.05) is 6.20 Å². The number of aromatic nitrogens is 2. The number of nitrogens with one attached hydrogen (secondary N) is 1. The molecule has 1 aliphatic rings. The third kappa shape index (κ3) is 3.86. The van der Waals surface area contributed by atoms with E-state index in [2.05, 4.69) is 15.3 Å². The van der Waals surface area contributed by atoms with Crippen molar-refractivity contribution in [2.75, 3.05) is 18.5 Å². The van der Waals surface area contributed by atoms with E-state index >= 15 is 0 Å². The molecule has 2 aromatic rings. The highest BCUT2D eigenvalue weighted by molar-refractivity contribution is 7.19. The van der Waals surface area contributed by atoms with E-state index in [4.69, 9.17) is 4.74 Å². The fraction of sp³-hybridized carbons (Fsp3) is 0.400. The van der Waals surface area contributed by atoms with Crippen molar-refractivity contribution in [2.24, 2.45) is 5.92 Å². The number of carbonyl (C=O) groups excluding carboxylic acids is 1. The van der Waals surface area contributed by atoms with Gasteiger partial charge in [0.2, 0.25) is 0 Å². The highest BCUT2D eigenvalue weighted by Gasteiger charge is 2.21. The van der Waals surface area contributed by atoms with Crippen LogP contribution in [0.4, 0.5) is 5.13 Å². The minimum atomic E-state index is -0.156. The van der Waals surface area contributed by atoms with Crippen molar-refractivity contribution in [1.82, 2.24) is 9.97 Å². The smallest absolute Gasteiger partial charge is 0.252 e. The number of hydrogen-bond acceptors (Lipinski definition) is 5. The van der Waals surface area contributed by atoms with Gasteiger partial charge in [0.1, 0.15) is 6.61 Å². The number of rotatable bonds is 6. The van der Waals surface area contributed by atoms with Gasteiger partial charge in [0.15, 0.2) is 5.13 Å². The molecule has 2 heterocycles. The maximum absolute atomic E-state index is 11.8. The number of hydrogen-bond donors (Lipinski definition) is 1. The average molecular weight is 303 g/mol. The van der Waals surface area contributed by atoms with Crippen LogP contribution in [-0.2, 0) is 9.53 Å². The van der Waals surface area contributed by atoms with Gasteiger partial charge in [-0.2, -0.15) is 0 Å². The summed E-state index contributed by atoms with van der Waals surface area (Å²) in [5, 5.41) is 3.37. The van der Waals surface area contributed by atoms with Crippen molar-refractivity contribution in [3.63, 3.8) is 0 Å². The van der Waals surface area contributed by atoms with Crippen LogP contribution in [0.15, 0.2) is 24.4 Å². The van der Waals surface area contributed by atoms with Crippen LogP contribution in [0.1, 0.15) is 18.5 Å². The number of nitrogens with zero attached hydrogens (tertiary/aromatic N) is 2. The van der Waals surface area contributed by atoms with E-state index in [1.807, 2.05) is 25.1 Å². The Kier molecular flexibility index (Phi) is 4.26. The molecule has 0 radical (unpaired) electrons. The van der Waals surface area contributed by atoms with Gasteiger partial charge in [-0.05, 0) is 37.8 Å². The number of thiazole rings is 1. The molecular weight excluding hydrogens is 286 g/mol. The van der Waals surface area contributed by atoms with Crippen LogP contribution in [0.25, 0.3) is 10.6 Å². The molecule has 6 heteroatoms. The third-order valence-electron chi connectivity index (χ3n) is 3.22. The Labute approximate surface area is 127 Å². The number of pyridine rings is 1. The first kappa shape index (κ1) is 14.2. The highest BCUT2D eigenvalue weighted by atomic mass is 32.1. The molecule has 1 saturated carbocycles. The summed E-state index contributed by atoms with van der Waals surface area (Å²) in [5.41, 5.74) is 1.74. The SMILES string of the molecule is Cc1nc(NC(=O)COCC2CC2)sc1-c1ccccn1. The molecule has 1 aliphatic carbocycles. The van der Waals surface area contributed by atoms with Gasteiger partial charge in [-0.1, -0.05) is 17.4 Å². The van der Waals surface area contributed by atoms with E-state index in [0.29, 0.717) is 17.7 Å². The molecule has 0 aliphatic heterocycles. The Morgan fingerprint density at radius 3 is 3.05 bits per heavy atom. The van der Waals surface area contributed by atoms with Gasteiger partial charge < -0.3 is 4.74 Å². The third-order valence-corrected chi connectivity index (χ3v) is 4.32. The van der Waals surface area contributed by atoms with Gasteiger partial charge in [-0.25, -0.2) is 4.98 Å². The zero-order chi connectivity index (χ0) is 14.7. The second kappa shape index (κ2) is 6.32. The Hall–Kier alpha value is -1.79. The first-order valence-corrected chi connectivity index (χ1v) is 7.80. The van der Waals surface area contributed by atoms with Gasteiger partial charge in [0.05, 0.1) is 22.9 Å². The second-order valence-electron chi connectivity index (χ2n) is 5.16. The summed E-state index contributed by atoms with van der Waals surface area (Å²) in [7, 11) is 0. The van der Waals surface area contributed by atoms with Crippen molar-refractivity contribution in [3.05, 3.63) is 30.1 Å². The van der Waals surface area contributed by atoms with Gasteiger partial charge >= 0.3 is 0 Å². The fourth-order valence-corrected chi connectivity index (χ4v) is 2.90. The fourth-order valence-electron chi connectivity index (χ4n) is 1.94. The van der Waals surface area contributed by atoms with Crippen LogP contribution in [0.3, 0.4) is 0 Å². The molecule has 0 bridgehead atoms. The van der Waals surface area contributed by atoms with Crippen LogP contribution >= 0.6 is 11.3 Å². The summed E-state index contributed by atoms with van der Waals surface area (Å²) < 4.78 is 5.37. The number of ether oxygens (including phenoxy) is 1. The second-order valence-corrected chi connectivity index (χ2v) is 6.15. The monoisotopic (exact) mass is 303 g/mol. The van der Waals surface area contributed by atoms with Crippen LogP contribution in [0.2, 0.25) is 0 Å². The van der Waals surface area contributed by atoms with Crippen LogP contribution < -0.4 is 5.32 Å². The number of anilines is 1. The van der Waals surface area contributed by atoms with Crippen molar-refractivity contribution in [3.8, 4) is 10.6 Å². The Morgan fingerprint density at radius 1 is 1.48 bits per heavy atom. The molecule has 1 N–H and O–H groups in total. The quantitative estimate of drug-likeness (QED) is 0.891. The minimum absolute atomic E-state index is 0.0913. The number of carbonyl (C=O) groups is 1. The van der Waals surface area contributed by atoms with Crippen molar-refractivity contribution in [1.29, 1.82) is 0 Å². The summed E-state index contributed by atoms with van der Waals surface area (Å²) >= 11 is 1.43. The van der Waals surface area contributed by atoms with Gasteiger partial charge in [-0.15, -0.1) is 0 Å². The number of amides is 1. The van der Waals surface area contributed by atoms with E-state index < -0.39 is 0 Å². The van der Waals surface area contributed by atoms with E-state index in [1.54, 1.807) is 6.20 Å². The van der Waals surface area contributed by atoms with Crippen LogP contribution in [0.5, 0.6) is 0 Å². The zero-order valence-electron chi connectivity index (χ0n) is 11.8. The van der Waals surface area contributed by atoms with E-state index in [-0.39, 0.29) is 12.5 Å². The molecule has 21 heavy (non-hydrogen) atoms. The summed E-state index contributed by atoms with van der Waals surface area (Å²) in [6.07, 6.45) is 4.19. The summed E-state index contributed by atoms with van der Waals surface area (Å²) in [5.74, 6) is 0.507. The lowest BCUT2D eigenvalue weighted by molar-refractivity contribution is -0.120. The van der Waals surface area contributed by atoms with Crippen molar-refractivity contribution < 1.29 is 9.53 Å². The Morgan fingerprint density at radius 2 is 2.33 bits per heavy atom. The lowest BCUT2D eigenvalue weighted by atomic mass is 10.3. The maximum atomic E-state index is 11.8. The maximum Gasteiger partial charge on any atom is 0.252 e. The highest BCUT2D eigenvalue weighted by Crippen LogP contribution is 2.31. The van der Waals surface area contributed by atoms with E-state index in [1.165, 1.54) is 24.2 Å². The molecule has 3 rings (SSSR count). The van der Waals surface area contributed by atoms with Gasteiger partial charge in [-0.3, -0.25) is 15.1 Å². The van der Waals surface area contributed by atoms with E-state index in [9.17, 15) is 4.79 Å². The van der Waals surface area contributed by atoms with Crippen molar-refractivity contribution in [2.45, 2.75) is 19.8 Å².